The van der Waals surface area contributed by atoms with Crippen molar-refractivity contribution >= 4 is 17.9 Å². The van der Waals surface area contributed by atoms with Gasteiger partial charge in [0, 0.05) is 19.3 Å². The van der Waals surface area contributed by atoms with E-state index in [-0.39, 0.29) is 42.7 Å². The molecule has 0 aromatic rings. The minimum Gasteiger partial charge on any atom is -0.544 e. The number of ether oxygens (including phenoxy) is 3. The van der Waals surface area contributed by atoms with E-state index < -0.39 is 18.1 Å². The lowest BCUT2D eigenvalue weighted by Crippen LogP contribution is -2.55. The number of rotatable bonds is 48. The number of carboxylic acids is 1. The summed E-state index contributed by atoms with van der Waals surface area (Å²) in [6, 6.07) is -0.729. The highest BCUT2D eigenvalue weighted by Crippen LogP contribution is 2.16. The maximum absolute atomic E-state index is 12.8. The molecule has 372 valence electrons. The molecule has 0 aromatic heterocycles. The molecule has 0 amide bonds. The standard InChI is InChI=1S/C56H101NO7/c1-6-8-10-12-14-16-18-20-22-24-26-27-29-30-32-34-36-38-40-42-44-46-54(58)63-51-52(50-62-49-48-53(56(60)61)57(3,4)5)64-55(59)47-45-43-41-39-37-35-33-31-28-25-23-21-19-17-15-13-11-9-7-2/h9,11,15,17,21,23,28,31,52-53H,6-8,10,12-14,16,18-20,22,24-27,29-30,32-51H2,1-5H3/b11-9-,17-15-,23-21-,31-28-. The first-order valence-electron chi connectivity index (χ1n) is 26.7. The number of quaternary nitrogens is 1. The molecule has 0 saturated carbocycles. The molecular weight excluding hydrogens is 799 g/mol. The van der Waals surface area contributed by atoms with Crippen LogP contribution in [0.1, 0.15) is 239 Å². The summed E-state index contributed by atoms with van der Waals surface area (Å²) in [4.78, 5) is 37.1. The van der Waals surface area contributed by atoms with Crippen LogP contribution in [0.2, 0.25) is 0 Å². The maximum atomic E-state index is 12.8. The molecule has 64 heavy (non-hydrogen) atoms. The third kappa shape index (κ3) is 44.5. The normalized spacial score (nSPS) is 13.2. The summed E-state index contributed by atoms with van der Waals surface area (Å²) < 4.78 is 17.3. The largest absolute Gasteiger partial charge is 0.544 e. The van der Waals surface area contributed by atoms with Crippen LogP contribution < -0.4 is 5.11 Å². The fourth-order valence-corrected chi connectivity index (χ4v) is 7.89. The number of carbonyl (C=O) groups excluding carboxylic acids is 3. The van der Waals surface area contributed by atoms with Gasteiger partial charge in [-0.3, -0.25) is 9.59 Å². The van der Waals surface area contributed by atoms with Crippen LogP contribution in [0.25, 0.3) is 0 Å². The summed E-state index contributed by atoms with van der Waals surface area (Å²) in [5.74, 6) is -1.74. The molecule has 0 radical (unpaired) electrons. The van der Waals surface area contributed by atoms with Crippen LogP contribution in [0.5, 0.6) is 0 Å². The lowest BCUT2D eigenvalue weighted by atomic mass is 10.0. The van der Waals surface area contributed by atoms with E-state index in [0.717, 1.165) is 77.0 Å². The molecular formula is C56H101NO7. The predicted molar refractivity (Wildman–Crippen MR) is 268 cm³/mol. The van der Waals surface area contributed by atoms with Gasteiger partial charge in [-0.25, -0.2) is 0 Å². The van der Waals surface area contributed by atoms with Gasteiger partial charge in [0.2, 0.25) is 0 Å². The second-order valence-corrected chi connectivity index (χ2v) is 19.1. The van der Waals surface area contributed by atoms with Gasteiger partial charge in [-0.15, -0.1) is 0 Å². The average Bonchev–Trinajstić information content (AvgIpc) is 3.26. The molecule has 0 heterocycles. The number of esters is 2. The van der Waals surface area contributed by atoms with Crippen LogP contribution in [0, 0.1) is 0 Å². The van der Waals surface area contributed by atoms with E-state index in [2.05, 4.69) is 62.5 Å². The molecule has 0 spiro atoms. The van der Waals surface area contributed by atoms with E-state index in [0.29, 0.717) is 12.8 Å². The maximum Gasteiger partial charge on any atom is 0.306 e. The molecule has 8 nitrogen and oxygen atoms in total. The molecule has 0 N–H and O–H groups in total. The Bertz CT molecular complexity index is 1190. The lowest BCUT2D eigenvalue weighted by Gasteiger charge is -2.34. The molecule has 0 rings (SSSR count). The minimum atomic E-state index is -1.13. The van der Waals surface area contributed by atoms with Gasteiger partial charge in [-0.05, 0) is 51.4 Å². The third-order valence-electron chi connectivity index (χ3n) is 12.0. The van der Waals surface area contributed by atoms with Crippen molar-refractivity contribution in [1.82, 2.24) is 0 Å². The number of carboxylic acid groups (broad SMARTS) is 1. The fraction of sp³-hybridized carbons (Fsp3) is 0.804. The van der Waals surface area contributed by atoms with Crippen LogP contribution in [0.3, 0.4) is 0 Å². The van der Waals surface area contributed by atoms with Crippen molar-refractivity contribution < 1.29 is 38.2 Å². The van der Waals surface area contributed by atoms with Gasteiger partial charge in [0.05, 0.1) is 40.3 Å². The smallest absolute Gasteiger partial charge is 0.306 e. The quantitative estimate of drug-likeness (QED) is 0.0259. The lowest BCUT2D eigenvalue weighted by molar-refractivity contribution is -0.889. The van der Waals surface area contributed by atoms with Crippen molar-refractivity contribution in [2.45, 2.75) is 251 Å². The zero-order valence-electron chi connectivity index (χ0n) is 42.4. The van der Waals surface area contributed by atoms with Gasteiger partial charge in [0.25, 0.3) is 0 Å². The van der Waals surface area contributed by atoms with E-state index in [1.165, 1.54) is 128 Å². The molecule has 0 aromatic carbocycles. The summed E-state index contributed by atoms with van der Waals surface area (Å²) in [7, 11) is 5.42. The Morgan fingerprint density at radius 3 is 1.30 bits per heavy atom. The first kappa shape index (κ1) is 61.3. The van der Waals surface area contributed by atoms with Gasteiger partial charge in [-0.2, -0.15) is 0 Å². The summed E-state index contributed by atoms with van der Waals surface area (Å²) in [5, 5.41) is 11.7. The number of allylic oxidation sites excluding steroid dienone is 8. The molecule has 2 atom stereocenters. The second-order valence-electron chi connectivity index (χ2n) is 19.1. The van der Waals surface area contributed by atoms with Crippen LogP contribution in [0.15, 0.2) is 48.6 Å². The number of hydrogen-bond acceptors (Lipinski definition) is 7. The zero-order valence-corrected chi connectivity index (χ0v) is 42.4. The fourth-order valence-electron chi connectivity index (χ4n) is 7.89. The Morgan fingerprint density at radius 1 is 0.484 bits per heavy atom. The Labute approximate surface area is 395 Å². The highest BCUT2D eigenvalue weighted by molar-refractivity contribution is 5.70. The minimum absolute atomic E-state index is 0.0363. The molecule has 0 saturated heterocycles. The number of likely N-dealkylation sites (N-methyl/N-ethyl adjacent to an activating group) is 1. The molecule has 0 fully saturated rings. The Hall–Kier alpha value is -2.71. The molecule has 0 aliphatic rings. The van der Waals surface area contributed by atoms with Gasteiger partial charge in [0.1, 0.15) is 12.6 Å². The number of carbonyl (C=O) groups is 3. The molecule has 8 heteroatoms. The van der Waals surface area contributed by atoms with Gasteiger partial charge >= 0.3 is 11.9 Å². The van der Waals surface area contributed by atoms with E-state index in [1.54, 1.807) is 21.1 Å². The number of nitrogens with zero attached hydrogens (tertiary/aromatic N) is 1. The molecule has 0 bridgehead atoms. The molecule has 2 unspecified atom stereocenters. The van der Waals surface area contributed by atoms with Crippen LogP contribution in [-0.2, 0) is 28.6 Å². The summed E-state index contributed by atoms with van der Waals surface area (Å²) in [6.07, 6.45) is 57.2. The number of unbranched alkanes of at least 4 members (excludes halogenated alkanes) is 26. The first-order valence-corrected chi connectivity index (χ1v) is 26.7. The number of aliphatic carboxylic acids is 1. The van der Waals surface area contributed by atoms with E-state index >= 15 is 0 Å². The summed E-state index contributed by atoms with van der Waals surface area (Å²) >= 11 is 0. The van der Waals surface area contributed by atoms with Crippen molar-refractivity contribution in [2.75, 3.05) is 41.0 Å². The van der Waals surface area contributed by atoms with E-state index in [4.69, 9.17) is 14.2 Å². The average molecular weight is 900 g/mol. The van der Waals surface area contributed by atoms with Gasteiger partial charge in [0.15, 0.2) is 6.10 Å². The third-order valence-corrected chi connectivity index (χ3v) is 12.0. The SMILES string of the molecule is CC/C=C\C/C=C\C/C=C\C/C=C\CCCCCCCCC(=O)OC(COCCC(C(=O)[O-])[N+](C)(C)C)COC(=O)CCCCCCCCCCCCCCCCCCCCCCC. The van der Waals surface area contributed by atoms with E-state index in [9.17, 15) is 19.5 Å². The van der Waals surface area contributed by atoms with Crippen molar-refractivity contribution in [1.29, 1.82) is 0 Å². The van der Waals surface area contributed by atoms with Crippen LogP contribution in [0.4, 0.5) is 0 Å². The van der Waals surface area contributed by atoms with Gasteiger partial charge < -0.3 is 28.6 Å². The van der Waals surface area contributed by atoms with Crippen LogP contribution in [-0.4, -0.2) is 75.5 Å². The summed E-state index contributed by atoms with van der Waals surface area (Å²) in [5.41, 5.74) is 0. The van der Waals surface area contributed by atoms with E-state index in [1.807, 2.05) is 0 Å². The Kier molecular flexibility index (Phi) is 44.8. The van der Waals surface area contributed by atoms with Crippen molar-refractivity contribution in [3.63, 3.8) is 0 Å². The summed E-state index contributed by atoms with van der Waals surface area (Å²) in [6.45, 7) is 4.57. The Balaban J connectivity index is 4.22. The number of hydrogen-bond donors (Lipinski definition) is 0. The highest BCUT2D eigenvalue weighted by atomic mass is 16.6. The van der Waals surface area contributed by atoms with Crippen molar-refractivity contribution in [3.8, 4) is 0 Å². The van der Waals surface area contributed by atoms with Gasteiger partial charge in [-0.1, -0.05) is 217 Å². The predicted octanol–water partition coefficient (Wildman–Crippen LogP) is 14.2. The molecule has 0 aliphatic carbocycles. The topological polar surface area (TPSA) is 102 Å². The first-order chi connectivity index (χ1) is 31.1. The van der Waals surface area contributed by atoms with Crippen molar-refractivity contribution in [3.05, 3.63) is 48.6 Å². The second kappa shape index (κ2) is 46.8. The Morgan fingerprint density at radius 2 is 0.875 bits per heavy atom. The monoisotopic (exact) mass is 900 g/mol. The zero-order chi connectivity index (χ0) is 47.0. The van der Waals surface area contributed by atoms with Crippen molar-refractivity contribution in [2.24, 2.45) is 0 Å². The molecule has 0 aliphatic heterocycles. The highest BCUT2D eigenvalue weighted by Gasteiger charge is 2.25. The van der Waals surface area contributed by atoms with Crippen LogP contribution >= 0.6 is 0 Å².